The molecule has 2 rings (SSSR count). The van der Waals surface area contributed by atoms with Crippen LogP contribution in [-0.4, -0.2) is 16.5 Å². The van der Waals surface area contributed by atoms with E-state index in [9.17, 15) is 0 Å². The van der Waals surface area contributed by atoms with Crippen molar-refractivity contribution in [1.29, 1.82) is 0 Å². The second kappa shape index (κ2) is 6.73. The van der Waals surface area contributed by atoms with Gasteiger partial charge in [-0.3, -0.25) is 0 Å². The van der Waals surface area contributed by atoms with E-state index in [1.807, 2.05) is 19.2 Å². The average Bonchev–Trinajstić information content (AvgIpc) is 2.77. The Morgan fingerprint density at radius 1 is 1.37 bits per heavy atom. The van der Waals surface area contributed by atoms with Crippen LogP contribution in [0.25, 0.3) is 0 Å². The van der Waals surface area contributed by atoms with E-state index in [1.54, 1.807) is 6.26 Å². The standard InChI is InChI=1S/C14H19N3OS/c1-10(2)6-15-7-12-4-5-13(16-8-12)19-14-17-11(3)9-18-14/h4-5,8-10,15H,6-7H2,1-3H3. The minimum Gasteiger partial charge on any atom is -0.439 e. The van der Waals surface area contributed by atoms with E-state index in [1.165, 1.54) is 17.3 Å². The number of hydrogen-bond donors (Lipinski definition) is 1. The van der Waals surface area contributed by atoms with Crippen LogP contribution in [0.4, 0.5) is 0 Å². The molecule has 0 aliphatic heterocycles. The van der Waals surface area contributed by atoms with E-state index in [4.69, 9.17) is 4.42 Å². The lowest BCUT2D eigenvalue weighted by Gasteiger charge is -2.07. The summed E-state index contributed by atoms with van der Waals surface area (Å²) in [5.41, 5.74) is 2.07. The summed E-state index contributed by atoms with van der Waals surface area (Å²) in [5.74, 6) is 0.663. The Labute approximate surface area is 118 Å². The van der Waals surface area contributed by atoms with Gasteiger partial charge in [0.25, 0.3) is 5.22 Å². The Kier molecular flexibility index (Phi) is 4.99. The van der Waals surface area contributed by atoms with Crippen molar-refractivity contribution in [2.45, 2.75) is 37.6 Å². The molecule has 2 aromatic heterocycles. The summed E-state index contributed by atoms with van der Waals surface area (Å²) in [5, 5.41) is 4.93. The predicted octanol–water partition coefficient (Wildman–Crippen LogP) is 3.27. The molecule has 0 fully saturated rings. The number of rotatable bonds is 6. The zero-order valence-corrected chi connectivity index (χ0v) is 12.3. The molecule has 1 N–H and O–H groups in total. The maximum Gasteiger partial charge on any atom is 0.262 e. The number of hydrogen-bond acceptors (Lipinski definition) is 5. The first-order chi connectivity index (χ1) is 9.13. The van der Waals surface area contributed by atoms with Gasteiger partial charge in [0, 0.05) is 12.7 Å². The molecular formula is C14H19N3OS. The molecule has 0 saturated heterocycles. The van der Waals surface area contributed by atoms with Crippen molar-refractivity contribution in [1.82, 2.24) is 15.3 Å². The summed E-state index contributed by atoms with van der Waals surface area (Å²) >= 11 is 1.44. The van der Waals surface area contributed by atoms with Gasteiger partial charge >= 0.3 is 0 Å². The molecule has 0 unspecified atom stereocenters. The third kappa shape index (κ3) is 4.69. The summed E-state index contributed by atoms with van der Waals surface area (Å²) in [6, 6.07) is 4.08. The maximum absolute atomic E-state index is 5.29. The Balaban J connectivity index is 1.87. The van der Waals surface area contributed by atoms with Crippen LogP contribution in [0.15, 0.2) is 39.3 Å². The van der Waals surface area contributed by atoms with Gasteiger partial charge in [0.15, 0.2) is 0 Å². The molecule has 4 nitrogen and oxygen atoms in total. The van der Waals surface area contributed by atoms with E-state index in [0.29, 0.717) is 11.1 Å². The lowest BCUT2D eigenvalue weighted by molar-refractivity contribution is 0.454. The smallest absolute Gasteiger partial charge is 0.262 e. The van der Waals surface area contributed by atoms with E-state index in [-0.39, 0.29) is 0 Å². The van der Waals surface area contributed by atoms with Crippen LogP contribution >= 0.6 is 11.8 Å². The number of oxazole rings is 1. The number of nitrogens with one attached hydrogen (secondary N) is 1. The molecule has 0 spiro atoms. The summed E-state index contributed by atoms with van der Waals surface area (Å²) in [6.07, 6.45) is 3.54. The van der Waals surface area contributed by atoms with Gasteiger partial charge in [-0.1, -0.05) is 19.9 Å². The van der Waals surface area contributed by atoms with E-state index in [2.05, 4.69) is 35.2 Å². The highest BCUT2D eigenvalue weighted by Crippen LogP contribution is 2.24. The summed E-state index contributed by atoms with van der Waals surface area (Å²) < 4.78 is 5.29. The fourth-order valence-corrected chi connectivity index (χ4v) is 2.26. The van der Waals surface area contributed by atoms with Gasteiger partial charge < -0.3 is 9.73 Å². The Hall–Kier alpha value is -1.33. The van der Waals surface area contributed by atoms with Gasteiger partial charge in [-0.15, -0.1) is 0 Å². The van der Waals surface area contributed by atoms with E-state index in [0.717, 1.165) is 23.8 Å². The van der Waals surface area contributed by atoms with Crippen LogP contribution in [0, 0.1) is 12.8 Å². The number of aromatic nitrogens is 2. The van der Waals surface area contributed by atoms with Gasteiger partial charge in [0.1, 0.15) is 11.3 Å². The summed E-state index contributed by atoms with van der Waals surface area (Å²) in [4.78, 5) is 8.65. The molecule has 0 aromatic carbocycles. The van der Waals surface area contributed by atoms with E-state index < -0.39 is 0 Å². The van der Waals surface area contributed by atoms with Crippen molar-refractivity contribution in [3.63, 3.8) is 0 Å². The fourth-order valence-electron chi connectivity index (χ4n) is 1.55. The lowest BCUT2D eigenvalue weighted by atomic mass is 10.2. The van der Waals surface area contributed by atoms with Crippen LogP contribution in [0.1, 0.15) is 25.1 Å². The molecule has 0 aliphatic rings. The molecule has 0 saturated carbocycles. The summed E-state index contributed by atoms with van der Waals surface area (Å²) in [6.45, 7) is 8.18. The molecule has 0 bridgehead atoms. The SMILES string of the molecule is Cc1coc(Sc2ccc(CNCC(C)C)cn2)n1. The second-order valence-corrected chi connectivity index (χ2v) is 5.86. The Morgan fingerprint density at radius 2 is 2.21 bits per heavy atom. The van der Waals surface area contributed by atoms with Crippen molar-refractivity contribution in [2.24, 2.45) is 5.92 Å². The van der Waals surface area contributed by atoms with E-state index >= 15 is 0 Å². The fraction of sp³-hybridized carbons (Fsp3) is 0.429. The Morgan fingerprint density at radius 3 is 2.79 bits per heavy atom. The summed E-state index contributed by atoms with van der Waals surface area (Å²) in [7, 11) is 0. The third-order valence-corrected chi connectivity index (χ3v) is 3.28. The van der Waals surface area contributed by atoms with Gasteiger partial charge in [-0.2, -0.15) is 0 Å². The van der Waals surface area contributed by atoms with Crippen molar-refractivity contribution >= 4 is 11.8 Å². The predicted molar refractivity (Wildman–Crippen MR) is 76.1 cm³/mol. The lowest BCUT2D eigenvalue weighted by Crippen LogP contribution is -2.18. The quantitative estimate of drug-likeness (QED) is 0.878. The van der Waals surface area contributed by atoms with Crippen molar-refractivity contribution in [3.8, 4) is 0 Å². The highest BCUT2D eigenvalue weighted by Gasteiger charge is 2.05. The average molecular weight is 277 g/mol. The number of aryl methyl sites for hydroxylation is 1. The van der Waals surface area contributed by atoms with Crippen LogP contribution in [0.2, 0.25) is 0 Å². The minimum atomic E-state index is 0.635. The zero-order chi connectivity index (χ0) is 13.7. The van der Waals surface area contributed by atoms with Gasteiger partial charge in [-0.05, 0) is 42.8 Å². The first-order valence-corrected chi connectivity index (χ1v) is 7.21. The zero-order valence-electron chi connectivity index (χ0n) is 11.5. The van der Waals surface area contributed by atoms with Crippen LogP contribution in [0.5, 0.6) is 0 Å². The van der Waals surface area contributed by atoms with Gasteiger partial charge in [-0.25, -0.2) is 9.97 Å². The third-order valence-electron chi connectivity index (χ3n) is 2.47. The van der Waals surface area contributed by atoms with Crippen molar-refractivity contribution in [3.05, 3.63) is 35.9 Å². The van der Waals surface area contributed by atoms with Crippen LogP contribution in [-0.2, 0) is 6.54 Å². The minimum absolute atomic E-state index is 0.635. The maximum atomic E-state index is 5.29. The molecule has 0 amide bonds. The van der Waals surface area contributed by atoms with Crippen molar-refractivity contribution in [2.75, 3.05) is 6.54 Å². The van der Waals surface area contributed by atoms with Crippen LogP contribution < -0.4 is 5.32 Å². The molecule has 2 aromatic rings. The monoisotopic (exact) mass is 277 g/mol. The molecule has 0 radical (unpaired) electrons. The van der Waals surface area contributed by atoms with Crippen LogP contribution in [0.3, 0.4) is 0 Å². The van der Waals surface area contributed by atoms with Crippen molar-refractivity contribution < 1.29 is 4.42 Å². The molecule has 2 heterocycles. The molecule has 19 heavy (non-hydrogen) atoms. The molecule has 0 aliphatic carbocycles. The topological polar surface area (TPSA) is 51.0 Å². The molecule has 0 atom stereocenters. The first-order valence-electron chi connectivity index (χ1n) is 6.39. The Bertz CT molecular complexity index is 508. The molecule has 5 heteroatoms. The normalized spacial score (nSPS) is 11.2. The highest BCUT2D eigenvalue weighted by atomic mass is 32.2. The molecule has 102 valence electrons. The second-order valence-electron chi connectivity index (χ2n) is 4.89. The number of nitrogens with zero attached hydrogens (tertiary/aromatic N) is 2. The largest absolute Gasteiger partial charge is 0.439 e. The highest BCUT2D eigenvalue weighted by molar-refractivity contribution is 7.99. The van der Waals surface area contributed by atoms with Gasteiger partial charge in [0.05, 0.1) is 5.69 Å². The molecular weight excluding hydrogens is 258 g/mol. The first kappa shape index (κ1) is 14.1. The number of pyridine rings is 1. The van der Waals surface area contributed by atoms with Gasteiger partial charge in [0.2, 0.25) is 0 Å².